The van der Waals surface area contributed by atoms with Crippen molar-refractivity contribution in [3.05, 3.63) is 63.8 Å². The van der Waals surface area contributed by atoms with Crippen molar-refractivity contribution in [1.82, 2.24) is 5.43 Å². The number of nitrogens with one attached hydrogen (secondary N) is 1. The van der Waals surface area contributed by atoms with Crippen molar-refractivity contribution < 1.29 is 14.3 Å². The van der Waals surface area contributed by atoms with Gasteiger partial charge in [0.25, 0.3) is 5.91 Å². The normalized spacial score (nSPS) is 13.5. The van der Waals surface area contributed by atoms with Gasteiger partial charge in [0.1, 0.15) is 6.61 Å². The fraction of sp³-hybridized carbons (Fsp3) is 0.304. The molecule has 1 saturated heterocycles. The molecule has 0 aromatic heterocycles. The van der Waals surface area contributed by atoms with Gasteiger partial charge < -0.3 is 14.4 Å². The molecule has 0 radical (unpaired) electrons. The molecule has 0 bridgehead atoms. The summed E-state index contributed by atoms with van der Waals surface area (Å²) >= 11 is 2.19. The Labute approximate surface area is 191 Å². The molecule has 3 rings (SSSR count). The second-order valence-corrected chi connectivity index (χ2v) is 7.97. The second-order valence-electron chi connectivity index (χ2n) is 6.80. The first-order chi connectivity index (χ1) is 14.6. The van der Waals surface area contributed by atoms with E-state index in [1.54, 1.807) is 12.3 Å². The van der Waals surface area contributed by atoms with Crippen LogP contribution >= 0.6 is 22.6 Å². The molecule has 1 heterocycles. The van der Waals surface area contributed by atoms with E-state index in [-0.39, 0.29) is 5.91 Å². The smallest absolute Gasteiger partial charge is 0.271 e. The molecule has 0 aliphatic carbocycles. The zero-order chi connectivity index (χ0) is 21.3. The fourth-order valence-corrected chi connectivity index (χ4v) is 4.02. The van der Waals surface area contributed by atoms with Crippen LogP contribution in [0.3, 0.4) is 0 Å². The molecule has 0 saturated carbocycles. The van der Waals surface area contributed by atoms with E-state index < -0.39 is 0 Å². The Morgan fingerprint density at radius 2 is 1.97 bits per heavy atom. The molecule has 6 nitrogen and oxygen atoms in total. The maximum Gasteiger partial charge on any atom is 0.271 e. The number of rotatable bonds is 9. The third-order valence-electron chi connectivity index (χ3n) is 4.66. The van der Waals surface area contributed by atoms with Crippen LogP contribution in [-0.2, 0) is 0 Å². The summed E-state index contributed by atoms with van der Waals surface area (Å²) in [5.41, 5.74) is 5.12. The summed E-state index contributed by atoms with van der Waals surface area (Å²) in [6, 6.07) is 11.4. The number of nitrogens with zero attached hydrogens (tertiary/aromatic N) is 2. The Morgan fingerprint density at radius 3 is 2.63 bits per heavy atom. The van der Waals surface area contributed by atoms with Crippen LogP contribution in [0.5, 0.6) is 11.5 Å². The van der Waals surface area contributed by atoms with Gasteiger partial charge in [-0.1, -0.05) is 12.7 Å². The number of hydrogen-bond acceptors (Lipinski definition) is 5. The van der Waals surface area contributed by atoms with Crippen molar-refractivity contribution >= 4 is 40.4 Å². The van der Waals surface area contributed by atoms with Crippen molar-refractivity contribution in [3.8, 4) is 11.5 Å². The quantitative estimate of drug-likeness (QED) is 0.227. The number of halogens is 1. The van der Waals surface area contributed by atoms with E-state index in [1.165, 1.54) is 12.8 Å². The SMILES string of the molecule is C=CCOc1c(I)cc(/C=N\NC(=O)c2ccc(N3CCCC3)cc2)cc1OCC. The van der Waals surface area contributed by atoms with Gasteiger partial charge in [0.2, 0.25) is 0 Å². The van der Waals surface area contributed by atoms with Crippen molar-refractivity contribution in [2.75, 3.05) is 31.2 Å². The minimum Gasteiger partial charge on any atom is -0.490 e. The first-order valence-electron chi connectivity index (χ1n) is 10.0. The monoisotopic (exact) mass is 519 g/mol. The van der Waals surface area contributed by atoms with E-state index in [4.69, 9.17) is 9.47 Å². The lowest BCUT2D eigenvalue weighted by Gasteiger charge is -2.17. The summed E-state index contributed by atoms with van der Waals surface area (Å²) in [5.74, 6) is 1.07. The lowest BCUT2D eigenvalue weighted by Crippen LogP contribution is -2.19. The molecule has 2 aromatic rings. The van der Waals surface area contributed by atoms with Gasteiger partial charge in [0.15, 0.2) is 11.5 Å². The fourth-order valence-electron chi connectivity index (χ4n) is 3.24. The number of hydrazone groups is 1. The van der Waals surface area contributed by atoms with Crippen LogP contribution in [0.25, 0.3) is 0 Å². The van der Waals surface area contributed by atoms with Gasteiger partial charge in [-0.05, 0) is 84.3 Å². The zero-order valence-corrected chi connectivity index (χ0v) is 19.2. The molecule has 30 heavy (non-hydrogen) atoms. The minimum absolute atomic E-state index is 0.245. The molecule has 0 unspecified atom stereocenters. The van der Waals surface area contributed by atoms with E-state index >= 15 is 0 Å². The lowest BCUT2D eigenvalue weighted by atomic mass is 10.2. The van der Waals surface area contributed by atoms with Crippen molar-refractivity contribution in [3.63, 3.8) is 0 Å². The summed E-state index contributed by atoms with van der Waals surface area (Å²) in [6.07, 6.45) is 5.73. The van der Waals surface area contributed by atoms with Gasteiger partial charge in [-0.15, -0.1) is 0 Å². The molecule has 1 N–H and O–H groups in total. The number of anilines is 1. The standard InChI is InChI=1S/C23H26IN3O3/c1-3-13-30-22-20(24)14-17(15-21(22)29-4-2)16-25-26-23(28)18-7-9-19(10-8-18)27-11-5-6-12-27/h3,7-10,14-16H,1,4-6,11-13H2,2H3,(H,26,28)/b25-16-. The van der Waals surface area contributed by atoms with Gasteiger partial charge in [-0.25, -0.2) is 5.43 Å². The molecular weight excluding hydrogens is 493 g/mol. The van der Waals surface area contributed by atoms with Gasteiger partial charge in [-0.2, -0.15) is 5.10 Å². The average molecular weight is 519 g/mol. The number of amides is 1. The molecule has 1 fully saturated rings. The summed E-state index contributed by atoms with van der Waals surface area (Å²) in [7, 11) is 0. The van der Waals surface area contributed by atoms with E-state index in [9.17, 15) is 4.79 Å². The number of carbonyl (C=O) groups is 1. The lowest BCUT2D eigenvalue weighted by molar-refractivity contribution is 0.0955. The Kier molecular flexibility index (Phi) is 8.12. The average Bonchev–Trinajstić information content (AvgIpc) is 3.28. The van der Waals surface area contributed by atoms with E-state index in [2.05, 4.69) is 44.6 Å². The molecular formula is C23H26IN3O3. The van der Waals surface area contributed by atoms with Crippen LogP contribution in [-0.4, -0.2) is 38.4 Å². The number of carbonyl (C=O) groups excluding carboxylic acids is 1. The minimum atomic E-state index is -0.245. The third kappa shape index (κ3) is 5.75. The van der Waals surface area contributed by atoms with Gasteiger partial charge >= 0.3 is 0 Å². The van der Waals surface area contributed by atoms with E-state index in [0.717, 1.165) is 27.9 Å². The highest BCUT2D eigenvalue weighted by Gasteiger charge is 2.13. The molecule has 0 atom stereocenters. The van der Waals surface area contributed by atoms with Crippen molar-refractivity contribution in [1.29, 1.82) is 0 Å². The van der Waals surface area contributed by atoms with Crippen LogP contribution in [0.15, 0.2) is 54.2 Å². The van der Waals surface area contributed by atoms with Crippen LogP contribution in [0.2, 0.25) is 0 Å². The van der Waals surface area contributed by atoms with E-state index in [1.807, 2.05) is 43.3 Å². The highest BCUT2D eigenvalue weighted by molar-refractivity contribution is 14.1. The van der Waals surface area contributed by atoms with Gasteiger partial charge in [0, 0.05) is 24.3 Å². The summed E-state index contributed by atoms with van der Waals surface area (Å²) in [5, 5.41) is 4.10. The Morgan fingerprint density at radius 1 is 1.23 bits per heavy atom. The summed E-state index contributed by atoms with van der Waals surface area (Å²) < 4.78 is 12.3. The molecule has 2 aromatic carbocycles. The second kappa shape index (κ2) is 11.0. The predicted molar refractivity (Wildman–Crippen MR) is 129 cm³/mol. The largest absolute Gasteiger partial charge is 0.490 e. The first kappa shape index (κ1) is 22.1. The third-order valence-corrected chi connectivity index (χ3v) is 5.46. The molecule has 158 valence electrons. The highest BCUT2D eigenvalue weighted by atomic mass is 127. The van der Waals surface area contributed by atoms with Crippen LogP contribution < -0.4 is 19.8 Å². The Hall–Kier alpha value is -2.55. The van der Waals surface area contributed by atoms with Crippen LogP contribution in [0.4, 0.5) is 5.69 Å². The number of benzene rings is 2. The molecule has 7 heteroatoms. The van der Waals surface area contributed by atoms with Crippen molar-refractivity contribution in [2.45, 2.75) is 19.8 Å². The molecule has 1 amide bonds. The predicted octanol–water partition coefficient (Wildman–Crippen LogP) is 4.62. The maximum atomic E-state index is 12.4. The summed E-state index contributed by atoms with van der Waals surface area (Å²) in [4.78, 5) is 14.7. The Balaban J connectivity index is 1.65. The zero-order valence-electron chi connectivity index (χ0n) is 17.1. The topological polar surface area (TPSA) is 63.2 Å². The number of ether oxygens (including phenoxy) is 2. The van der Waals surface area contributed by atoms with Crippen molar-refractivity contribution in [2.24, 2.45) is 5.10 Å². The van der Waals surface area contributed by atoms with Crippen LogP contribution in [0.1, 0.15) is 35.7 Å². The molecule has 1 aliphatic heterocycles. The van der Waals surface area contributed by atoms with Gasteiger partial charge in [0.05, 0.1) is 16.4 Å². The summed E-state index contributed by atoms with van der Waals surface area (Å²) in [6.45, 7) is 8.67. The van der Waals surface area contributed by atoms with Gasteiger partial charge in [-0.3, -0.25) is 4.79 Å². The van der Waals surface area contributed by atoms with Crippen LogP contribution in [0, 0.1) is 3.57 Å². The first-order valence-corrected chi connectivity index (χ1v) is 11.1. The van der Waals surface area contributed by atoms with E-state index in [0.29, 0.717) is 30.3 Å². The molecule has 0 spiro atoms. The number of hydrogen-bond donors (Lipinski definition) is 1. The Bertz CT molecular complexity index is 907. The molecule has 1 aliphatic rings. The highest BCUT2D eigenvalue weighted by Crippen LogP contribution is 2.34. The maximum absolute atomic E-state index is 12.4.